The highest BCUT2D eigenvalue weighted by atomic mass is 35.5. The maximum atomic E-state index is 6.04. The zero-order valence-corrected chi connectivity index (χ0v) is 11.6. The van der Waals surface area contributed by atoms with Crippen LogP contribution in [0.4, 0.5) is 0 Å². The van der Waals surface area contributed by atoms with E-state index in [0.29, 0.717) is 0 Å². The van der Waals surface area contributed by atoms with Gasteiger partial charge in [0.25, 0.3) is 0 Å². The van der Waals surface area contributed by atoms with Crippen molar-refractivity contribution < 1.29 is 0 Å². The van der Waals surface area contributed by atoms with Gasteiger partial charge in [-0.3, -0.25) is 0 Å². The Morgan fingerprint density at radius 1 is 1.33 bits per heavy atom. The monoisotopic (exact) mass is 263 g/mol. The van der Waals surface area contributed by atoms with Crippen molar-refractivity contribution in [2.75, 3.05) is 13.1 Å². The first kappa shape index (κ1) is 12.0. The van der Waals surface area contributed by atoms with Crippen molar-refractivity contribution in [1.29, 1.82) is 0 Å². The van der Waals surface area contributed by atoms with Crippen molar-refractivity contribution >= 4 is 22.6 Å². The molecule has 0 atom stereocenters. The standard InChI is InChI=1S/C14H18ClN3/c1-14(5-7-16-8-6-14)13-17-11-9-10(15)3-4-12(11)18(13)2/h3-4,9,16H,5-8H2,1-2H3. The summed E-state index contributed by atoms with van der Waals surface area (Å²) in [7, 11) is 2.10. The number of rotatable bonds is 1. The van der Waals surface area contributed by atoms with Crippen molar-refractivity contribution in [3.05, 3.63) is 29.0 Å². The molecule has 0 amide bonds. The number of benzene rings is 1. The molecule has 1 aromatic carbocycles. The second-order valence-electron chi connectivity index (χ2n) is 5.44. The average Bonchev–Trinajstić information content (AvgIpc) is 2.68. The Balaban J connectivity index is 2.14. The van der Waals surface area contributed by atoms with Crippen LogP contribution in [0.1, 0.15) is 25.6 Å². The van der Waals surface area contributed by atoms with E-state index in [1.54, 1.807) is 0 Å². The third-order valence-electron chi connectivity index (χ3n) is 4.09. The predicted octanol–water partition coefficient (Wildman–Crippen LogP) is 2.87. The molecule has 18 heavy (non-hydrogen) atoms. The van der Waals surface area contributed by atoms with Gasteiger partial charge < -0.3 is 9.88 Å². The Hall–Kier alpha value is -1.06. The maximum absolute atomic E-state index is 6.04. The number of hydrogen-bond donors (Lipinski definition) is 1. The molecule has 1 aromatic heterocycles. The summed E-state index contributed by atoms with van der Waals surface area (Å²) in [6.45, 7) is 4.46. The molecular formula is C14H18ClN3. The summed E-state index contributed by atoms with van der Waals surface area (Å²) in [5, 5.41) is 4.17. The van der Waals surface area contributed by atoms with Gasteiger partial charge in [0.05, 0.1) is 11.0 Å². The summed E-state index contributed by atoms with van der Waals surface area (Å²) in [5.74, 6) is 1.18. The van der Waals surface area contributed by atoms with Crippen LogP contribution >= 0.6 is 11.6 Å². The number of fused-ring (bicyclic) bond motifs is 1. The van der Waals surface area contributed by atoms with Crippen LogP contribution in [0.2, 0.25) is 5.02 Å². The first-order valence-electron chi connectivity index (χ1n) is 6.43. The molecule has 0 unspecified atom stereocenters. The lowest BCUT2D eigenvalue weighted by atomic mass is 9.80. The summed E-state index contributed by atoms with van der Waals surface area (Å²) in [4.78, 5) is 4.82. The van der Waals surface area contributed by atoms with Crippen LogP contribution in [0.5, 0.6) is 0 Å². The molecule has 1 aliphatic heterocycles. The van der Waals surface area contributed by atoms with Crippen LogP contribution in [0.3, 0.4) is 0 Å². The van der Waals surface area contributed by atoms with E-state index in [2.05, 4.69) is 29.9 Å². The lowest BCUT2D eigenvalue weighted by molar-refractivity contribution is 0.313. The molecule has 1 saturated heterocycles. The number of aryl methyl sites for hydroxylation is 1. The van der Waals surface area contributed by atoms with Crippen LogP contribution in [-0.2, 0) is 12.5 Å². The molecule has 1 N–H and O–H groups in total. The maximum Gasteiger partial charge on any atom is 0.115 e. The topological polar surface area (TPSA) is 29.9 Å². The van der Waals surface area contributed by atoms with E-state index < -0.39 is 0 Å². The number of imidazole rings is 1. The molecule has 0 saturated carbocycles. The van der Waals surface area contributed by atoms with E-state index in [-0.39, 0.29) is 5.41 Å². The number of piperidine rings is 1. The largest absolute Gasteiger partial charge is 0.331 e. The minimum Gasteiger partial charge on any atom is -0.331 e. The Kier molecular flexibility index (Phi) is 2.83. The van der Waals surface area contributed by atoms with E-state index in [9.17, 15) is 0 Å². The summed E-state index contributed by atoms with van der Waals surface area (Å²) < 4.78 is 2.22. The molecule has 96 valence electrons. The number of hydrogen-bond acceptors (Lipinski definition) is 2. The van der Waals surface area contributed by atoms with Crippen LogP contribution in [0.15, 0.2) is 18.2 Å². The van der Waals surface area contributed by atoms with Gasteiger partial charge in [0.1, 0.15) is 5.82 Å². The smallest absolute Gasteiger partial charge is 0.115 e. The number of halogens is 1. The first-order valence-corrected chi connectivity index (χ1v) is 6.81. The van der Waals surface area contributed by atoms with Gasteiger partial charge in [-0.15, -0.1) is 0 Å². The van der Waals surface area contributed by atoms with E-state index in [1.807, 2.05) is 12.1 Å². The third kappa shape index (κ3) is 1.82. The predicted molar refractivity (Wildman–Crippen MR) is 75.2 cm³/mol. The van der Waals surface area contributed by atoms with Crippen LogP contribution in [0.25, 0.3) is 11.0 Å². The normalized spacial score (nSPS) is 19.3. The molecule has 2 heterocycles. The Bertz CT molecular complexity index is 582. The quantitative estimate of drug-likeness (QED) is 0.857. The van der Waals surface area contributed by atoms with Gasteiger partial charge in [0.2, 0.25) is 0 Å². The summed E-state index contributed by atoms with van der Waals surface area (Å²) in [6, 6.07) is 5.93. The minimum atomic E-state index is 0.172. The number of nitrogens with one attached hydrogen (secondary N) is 1. The van der Waals surface area contributed by atoms with Gasteiger partial charge >= 0.3 is 0 Å². The van der Waals surface area contributed by atoms with Crippen molar-refractivity contribution in [3.8, 4) is 0 Å². The van der Waals surface area contributed by atoms with Gasteiger partial charge in [0.15, 0.2) is 0 Å². The highest BCUT2D eigenvalue weighted by molar-refractivity contribution is 6.31. The van der Waals surface area contributed by atoms with Gasteiger partial charge in [-0.1, -0.05) is 18.5 Å². The Morgan fingerprint density at radius 3 is 2.78 bits per heavy atom. The molecule has 3 nitrogen and oxygen atoms in total. The van der Waals surface area contributed by atoms with Crippen LogP contribution < -0.4 is 5.32 Å². The zero-order valence-electron chi connectivity index (χ0n) is 10.8. The summed E-state index contributed by atoms with van der Waals surface area (Å²) in [6.07, 6.45) is 2.27. The van der Waals surface area contributed by atoms with E-state index >= 15 is 0 Å². The van der Waals surface area contributed by atoms with E-state index in [1.165, 1.54) is 5.82 Å². The fraction of sp³-hybridized carbons (Fsp3) is 0.500. The lowest BCUT2D eigenvalue weighted by Crippen LogP contribution is -2.39. The number of nitrogens with zero attached hydrogens (tertiary/aromatic N) is 2. The van der Waals surface area contributed by atoms with Gasteiger partial charge in [0, 0.05) is 17.5 Å². The molecule has 0 spiro atoms. The Labute approximate surface area is 112 Å². The van der Waals surface area contributed by atoms with Crippen LogP contribution in [-0.4, -0.2) is 22.6 Å². The number of aromatic nitrogens is 2. The van der Waals surface area contributed by atoms with Crippen molar-refractivity contribution in [3.63, 3.8) is 0 Å². The fourth-order valence-electron chi connectivity index (χ4n) is 2.91. The Morgan fingerprint density at radius 2 is 2.06 bits per heavy atom. The summed E-state index contributed by atoms with van der Waals surface area (Å²) >= 11 is 6.04. The minimum absolute atomic E-state index is 0.172. The third-order valence-corrected chi connectivity index (χ3v) is 4.32. The zero-order chi connectivity index (χ0) is 12.8. The fourth-order valence-corrected chi connectivity index (χ4v) is 3.08. The average molecular weight is 264 g/mol. The highest BCUT2D eigenvalue weighted by Crippen LogP contribution is 2.34. The highest BCUT2D eigenvalue weighted by Gasteiger charge is 2.33. The molecule has 1 fully saturated rings. The summed E-state index contributed by atoms with van der Waals surface area (Å²) in [5.41, 5.74) is 2.33. The molecule has 3 rings (SSSR count). The molecule has 0 radical (unpaired) electrons. The molecule has 1 aliphatic rings. The van der Waals surface area contributed by atoms with Gasteiger partial charge in [-0.05, 0) is 44.1 Å². The molecule has 0 aliphatic carbocycles. The van der Waals surface area contributed by atoms with E-state index in [0.717, 1.165) is 42.0 Å². The molecule has 2 aromatic rings. The molecular weight excluding hydrogens is 246 g/mol. The van der Waals surface area contributed by atoms with Gasteiger partial charge in [-0.25, -0.2) is 4.98 Å². The second-order valence-corrected chi connectivity index (χ2v) is 5.87. The first-order chi connectivity index (χ1) is 8.60. The molecule has 0 bridgehead atoms. The SMILES string of the molecule is Cn1c(C2(C)CCNCC2)nc2cc(Cl)ccc21. The van der Waals surface area contributed by atoms with E-state index in [4.69, 9.17) is 16.6 Å². The van der Waals surface area contributed by atoms with Crippen molar-refractivity contribution in [1.82, 2.24) is 14.9 Å². The van der Waals surface area contributed by atoms with Crippen LogP contribution in [0, 0.1) is 0 Å². The lowest BCUT2D eigenvalue weighted by Gasteiger charge is -2.33. The van der Waals surface area contributed by atoms with Gasteiger partial charge in [-0.2, -0.15) is 0 Å². The molecule has 4 heteroatoms. The second kappa shape index (κ2) is 4.25. The van der Waals surface area contributed by atoms with Crippen molar-refractivity contribution in [2.45, 2.75) is 25.2 Å². The van der Waals surface area contributed by atoms with Crippen molar-refractivity contribution in [2.24, 2.45) is 7.05 Å².